The molecule has 0 aliphatic carbocycles. The molecule has 0 aromatic carbocycles. The lowest BCUT2D eigenvalue weighted by Gasteiger charge is -2.26. The van der Waals surface area contributed by atoms with Gasteiger partial charge in [0.15, 0.2) is 0 Å². The maximum atomic E-state index is 13.2. The van der Waals surface area contributed by atoms with E-state index < -0.39 is 47.7 Å². The second-order valence-electron chi connectivity index (χ2n) is 9.94. The second kappa shape index (κ2) is 16.6. The molecule has 0 radical (unpaired) electrons. The van der Waals surface area contributed by atoms with Crippen LogP contribution in [0.1, 0.15) is 61.3 Å². The highest BCUT2D eigenvalue weighted by molar-refractivity contribution is 8.76. The summed E-state index contributed by atoms with van der Waals surface area (Å²) in [4.78, 5) is 64.3. The first-order chi connectivity index (χ1) is 17.4. The topological polar surface area (TPSA) is 143 Å². The van der Waals surface area contributed by atoms with Crippen molar-refractivity contribution >= 4 is 51.2 Å². The number of carbonyl (C=O) groups excluding carboxylic acids is 5. The predicted molar refractivity (Wildman–Crippen MR) is 147 cm³/mol. The van der Waals surface area contributed by atoms with Gasteiger partial charge in [-0.05, 0) is 31.1 Å². The van der Waals surface area contributed by atoms with E-state index in [0.29, 0.717) is 5.92 Å². The fourth-order valence-corrected chi connectivity index (χ4v) is 5.71. The van der Waals surface area contributed by atoms with E-state index in [9.17, 15) is 24.0 Å². The van der Waals surface area contributed by atoms with Crippen LogP contribution in [0, 0.1) is 17.8 Å². The van der Waals surface area contributed by atoms with Crippen LogP contribution in [-0.4, -0.2) is 65.8 Å². The molecule has 4 N–H and O–H groups in total. The largest absolute Gasteiger partial charge is 0.464 e. The monoisotopic (exact) mass is 558 g/mol. The number of amides is 4. The molecule has 3 atom stereocenters. The van der Waals surface area contributed by atoms with Crippen LogP contribution in [0.5, 0.6) is 0 Å². The van der Waals surface area contributed by atoms with Gasteiger partial charge in [-0.3, -0.25) is 19.2 Å². The second-order valence-corrected chi connectivity index (χ2v) is 12.6. The Labute approximate surface area is 228 Å². The average molecular weight is 559 g/mol. The maximum absolute atomic E-state index is 13.2. The van der Waals surface area contributed by atoms with E-state index in [2.05, 4.69) is 35.1 Å². The van der Waals surface area contributed by atoms with Crippen molar-refractivity contribution in [2.24, 2.45) is 17.8 Å². The summed E-state index contributed by atoms with van der Waals surface area (Å²) in [5.74, 6) is -1.73. The lowest BCUT2D eigenvalue weighted by atomic mass is 10.0. The van der Waals surface area contributed by atoms with Gasteiger partial charge in [0.1, 0.15) is 30.4 Å². The van der Waals surface area contributed by atoms with Crippen LogP contribution in [-0.2, 0) is 28.7 Å². The molecule has 1 fully saturated rings. The molecule has 1 unspecified atom stereocenters. The van der Waals surface area contributed by atoms with Crippen LogP contribution in [0.2, 0.25) is 0 Å². The van der Waals surface area contributed by atoms with Crippen molar-refractivity contribution in [2.75, 3.05) is 18.1 Å². The van der Waals surface area contributed by atoms with Gasteiger partial charge in [0.05, 0.1) is 6.42 Å². The van der Waals surface area contributed by atoms with Crippen molar-refractivity contribution in [1.29, 1.82) is 0 Å². The van der Waals surface area contributed by atoms with Gasteiger partial charge < -0.3 is 26.0 Å². The van der Waals surface area contributed by atoms with Gasteiger partial charge in [-0.25, -0.2) is 4.79 Å². The number of carbonyl (C=O) groups is 5. The summed E-state index contributed by atoms with van der Waals surface area (Å²) in [5, 5.41) is 10.6. The quantitative estimate of drug-likeness (QED) is 0.154. The van der Waals surface area contributed by atoms with Crippen molar-refractivity contribution in [3.63, 3.8) is 0 Å². The minimum atomic E-state index is -0.970. The van der Waals surface area contributed by atoms with E-state index in [1.807, 2.05) is 0 Å². The Balaban J connectivity index is 3.22. The fourth-order valence-electron chi connectivity index (χ4n) is 3.21. The molecular formula is C25H42N4O6S2. The number of esters is 1. The molecule has 1 heterocycles. The molecule has 12 heteroatoms. The molecular weight excluding hydrogens is 516 g/mol. The van der Waals surface area contributed by atoms with Crippen LogP contribution in [0.3, 0.4) is 0 Å². The average Bonchev–Trinajstić information content (AvgIpc) is 2.81. The normalized spacial score (nSPS) is 24.1. The van der Waals surface area contributed by atoms with E-state index in [-0.39, 0.29) is 36.3 Å². The molecule has 1 aliphatic rings. The standard InChI is InChI=1S/C25H42N4O6S2/c1-8-17-22(31)29-21(16(6)7)25(34)35-11-9-19(30)28-20(15(4)5)24(33)27-18(23(32)26-17)13-37-36-12-10-14(2)3/h8,14-16,18,20-21H,9-13H2,1-7H3,(H,26,32)(H,27,33)(H,28,30)(H,29,31)/b17-8-/t18-,20?,21+/m1/s1. The highest BCUT2D eigenvalue weighted by atomic mass is 33.1. The smallest absolute Gasteiger partial charge is 0.328 e. The Morgan fingerprint density at radius 1 is 0.892 bits per heavy atom. The van der Waals surface area contributed by atoms with Gasteiger partial charge in [0.25, 0.3) is 5.91 Å². The lowest BCUT2D eigenvalue weighted by molar-refractivity contribution is -0.149. The Bertz CT molecular complexity index is 847. The van der Waals surface area contributed by atoms with Gasteiger partial charge >= 0.3 is 5.97 Å². The van der Waals surface area contributed by atoms with Crippen molar-refractivity contribution in [2.45, 2.75) is 79.4 Å². The molecule has 0 saturated carbocycles. The molecule has 0 aromatic heterocycles. The SMILES string of the molecule is C/C=C1\NC(=O)[C@@H](CSSCCC(C)C)NC(=O)C(C(C)C)NC(=O)CCOC(=O)[C@H](C(C)C)NC1=O. The van der Waals surface area contributed by atoms with Crippen molar-refractivity contribution in [3.05, 3.63) is 11.8 Å². The first-order valence-electron chi connectivity index (χ1n) is 12.7. The van der Waals surface area contributed by atoms with E-state index in [0.717, 1.165) is 12.2 Å². The van der Waals surface area contributed by atoms with Gasteiger partial charge in [-0.2, -0.15) is 0 Å². The summed E-state index contributed by atoms with van der Waals surface area (Å²) in [6, 6.07) is -2.82. The molecule has 1 aliphatic heterocycles. The lowest BCUT2D eigenvalue weighted by Crippen LogP contribution is -2.57. The summed E-state index contributed by atoms with van der Waals surface area (Å²) in [6.07, 6.45) is 2.30. The fraction of sp³-hybridized carbons (Fsp3) is 0.720. The molecule has 210 valence electrons. The Morgan fingerprint density at radius 2 is 1.54 bits per heavy atom. The zero-order valence-corrected chi connectivity index (χ0v) is 24.5. The third-order valence-electron chi connectivity index (χ3n) is 5.57. The third-order valence-corrected chi connectivity index (χ3v) is 8.01. The van der Waals surface area contributed by atoms with Crippen molar-refractivity contribution in [1.82, 2.24) is 21.3 Å². The number of hydrogen-bond donors (Lipinski definition) is 4. The van der Waals surface area contributed by atoms with Crippen LogP contribution < -0.4 is 21.3 Å². The number of hydrogen-bond acceptors (Lipinski definition) is 8. The number of allylic oxidation sites excluding steroid dienone is 1. The summed E-state index contributed by atoms with van der Waals surface area (Å²) >= 11 is 0. The summed E-state index contributed by atoms with van der Waals surface area (Å²) < 4.78 is 5.22. The Kier molecular flexibility index (Phi) is 14.7. The number of cyclic esters (lactones) is 1. The van der Waals surface area contributed by atoms with Gasteiger partial charge in [0.2, 0.25) is 17.7 Å². The molecule has 10 nitrogen and oxygen atoms in total. The van der Waals surface area contributed by atoms with Gasteiger partial charge in [-0.15, -0.1) is 0 Å². The Morgan fingerprint density at radius 3 is 2.11 bits per heavy atom. The van der Waals surface area contributed by atoms with Crippen LogP contribution in [0.15, 0.2) is 11.8 Å². The summed E-state index contributed by atoms with van der Waals surface area (Å²) in [6.45, 7) is 12.7. The number of rotatable bonds is 8. The van der Waals surface area contributed by atoms with Gasteiger partial charge in [-0.1, -0.05) is 69.2 Å². The molecule has 4 amide bonds. The minimum absolute atomic E-state index is 0.0408. The van der Waals surface area contributed by atoms with E-state index in [1.165, 1.54) is 16.9 Å². The minimum Gasteiger partial charge on any atom is -0.464 e. The van der Waals surface area contributed by atoms with E-state index in [4.69, 9.17) is 4.74 Å². The molecule has 0 bridgehead atoms. The first kappa shape index (κ1) is 32.8. The maximum Gasteiger partial charge on any atom is 0.328 e. The summed E-state index contributed by atoms with van der Waals surface area (Å²) in [7, 11) is 3.06. The van der Waals surface area contributed by atoms with Crippen LogP contribution in [0.4, 0.5) is 0 Å². The Hall–Kier alpha value is -2.21. The molecule has 0 spiro atoms. The summed E-state index contributed by atoms with van der Waals surface area (Å²) in [5.41, 5.74) is -0.0408. The van der Waals surface area contributed by atoms with E-state index >= 15 is 0 Å². The number of nitrogens with one attached hydrogen (secondary N) is 4. The zero-order valence-electron chi connectivity index (χ0n) is 22.8. The highest BCUT2D eigenvalue weighted by Gasteiger charge is 2.32. The highest BCUT2D eigenvalue weighted by Crippen LogP contribution is 2.24. The molecule has 1 saturated heterocycles. The zero-order chi connectivity index (χ0) is 28.1. The number of ether oxygens (including phenoxy) is 1. The third kappa shape index (κ3) is 11.8. The molecule has 37 heavy (non-hydrogen) atoms. The van der Waals surface area contributed by atoms with E-state index in [1.54, 1.807) is 45.4 Å². The van der Waals surface area contributed by atoms with Crippen molar-refractivity contribution < 1.29 is 28.7 Å². The van der Waals surface area contributed by atoms with Crippen LogP contribution in [0.25, 0.3) is 0 Å². The van der Waals surface area contributed by atoms with Crippen molar-refractivity contribution in [3.8, 4) is 0 Å². The molecule has 0 aromatic rings. The molecule has 1 rings (SSSR count). The first-order valence-corrected chi connectivity index (χ1v) is 15.1. The van der Waals surface area contributed by atoms with Gasteiger partial charge in [0, 0.05) is 11.5 Å². The predicted octanol–water partition coefficient (Wildman–Crippen LogP) is 2.15. The van der Waals surface area contributed by atoms with Crippen LogP contribution >= 0.6 is 21.6 Å².